The van der Waals surface area contributed by atoms with Crippen LogP contribution in [0.1, 0.15) is 19.5 Å². The maximum Gasteiger partial charge on any atom is 0.269 e. The third-order valence-corrected chi connectivity index (χ3v) is 4.05. The zero-order valence-electron chi connectivity index (χ0n) is 14.3. The summed E-state index contributed by atoms with van der Waals surface area (Å²) in [5, 5.41) is 11.6. The monoisotopic (exact) mass is 342 g/mol. The number of halogens is 1. The second-order valence-electron chi connectivity index (χ2n) is 6.69. The topological polar surface area (TPSA) is 57.3 Å². The van der Waals surface area contributed by atoms with E-state index in [1.807, 2.05) is 26.8 Å². The first-order valence-electron chi connectivity index (χ1n) is 7.94. The lowest BCUT2D eigenvalue weighted by Crippen LogP contribution is -2.34. The van der Waals surface area contributed by atoms with E-state index in [0.29, 0.717) is 12.3 Å². The molecule has 0 saturated heterocycles. The highest BCUT2D eigenvalue weighted by molar-refractivity contribution is 5.81. The second kappa shape index (κ2) is 6.20. The van der Waals surface area contributed by atoms with Gasteiger partial charge in [0.15, 0.2) is 0 Å². The molecule has 0 aliphatic rings. The van der Waals surface area contributed by atoms with E-state index in [1.54, 1.807) is 18.2 Å². The molecular weight excluding hydrogens is 323 g/mol. The summed E-state index contributed by atoms with van der Waals surface area (Å²) in [4.78, 5) is 10.3. The van der Waals surface area contributed by atoms with Crippen molar-refractivity contribution in [1.82, 2.24) is 4.57 Å². The number of aromatic nitrogens is 1. The molecule has 25 heavy (non-hydrogen) atoms. The number of hydrogen-bond donors (Lipinski definition) is 0. The third kappa shape index (κ3) is 3.63. The van der Waals surface area contributed by atoms with E-state index in [2.05, 4.69) is 4.57 Å². The van der Waals surface area contributed by atoms with E-state index in [9.17, 15) is 14.5 Å². The van der Waals surface area contributed by atoms with Gasteiger partial charge < -0.3 is 9.30 Å². The van der Waals surface area contributed by atoms with Crippen molar-refractivity contribution in [3.8, 4) is 5.75 Å². The van der Waals surface area contributed by atoms with Gasteiger partial charge in [-0.25, -0.2) is 4.39 Å². The number of fused-ring (bicyclic) bond motifs is 1. The van der Waals surface area contributed by atoms with Crippen molar-refractivity contribution in [3.05, 3.63) is 70.2 Å². The highest BCUT2D eigenvalue weighted by atomic mass is 19.1. The average Bonchev–Trinajstić information content (AvgIpc) is 2.81. The van der Waals surface area contributed by atoms with Crippen LogP contribution in [0.3, 0.4) is 0 Å². The van der Waals surface area contributed by atoms with Crippen LogP contribution < -0.4 is 4.74 Å². The lowest BCUT2D eigenvalue weighted by molar-refractivity contribution is -0.384. The summed E-state index contributed by atoms with van der Waals surface area (Å²) in [6, 6.07) is 12.7. The van der Waals surface area contributed by atoms with Crippen LogP contribution >= 0.6 is 0 Å². The molecule has 0 unspecified atom stereocenters. The van der Waals surface area contributed by atoms with Gasteiger partial charge in [0.05, 0.1) is 11.5 Å². The zero-order valence-corrected chi connectivity index (χ0v) is 14.3. The summed E-state index contributed by atoms with van der Waals surface area (Å²) in [5.41, 5.74) is 1.43. The Morgan fingerprint density at radius 2 is 1.84 bits per heavy atom. The van der Waals surface area contributed by atoms with Gasteiger partial charge in [-0.15, -0.1) is 0 Å². The van der Waals surface area contributed by atoms with Gasteiger partial charge in [0.1, 0.15) is 17.2 Å². The van der Waals surface area contributed by atoms with Crippen molar-refractivity contribution in [3.63, 3.8) is 0 Å². The van der Waals surface area contributed by atoms with E-state index in [0.717, 1.165) is 16.6 Å². The number of ether oxygens (including phenoxy) is 1. The molecule has 0 aliphatic heterocycles. The van der Waals surface area contributed by atoms with E-state index in [4.69, 9.17) is 4.74 Å². The minimum absolute atomic E-state index is 0.0273. The van der Waals surface area contributed by atoms with Gasteiger partial charge in [-0.3, -0.25) is 10.1 Å². The molecule has 0 atom stereocenters. The molecule has 0 spiro atoms. The SMILES string of the molecule is Cc1cc2cc(F)ccc2n1CC(C)(C)Oc1ccc([N+](=O)[O-])cc1. The molecule has 0 N–H and O–H groups in total. The Hall–Kier alpha value is -2.89. The van der Waals surface area contributed by atoms with Crippen LogP contribution in [0.25, 0.3) is 10.9 Å². The lowest BCUT2D eigenvalue weighted by atomic mass is 10.1. The van der Waals surface area contributed by atoms with Gasteiger partial charge in [0.25, 0.3) is 5.69 Å². The Morgan fingerprint density at radius 1 is 1.16 bits per heavy atom. The van der Waals surface area contributed by atoms with E-state index >= 15 is 0 Å². The standard InChI is InChI=1S/C19H19FN2O3/c1-13-10-14-11-15(20)4-9-18(14)21(13)12-19(2,3)25-17-7-5-16(6-8-17)22(23)24/h4-11H,12H2,1-3H3. The first kappa shape index (κ1) is 17.0. The molecule has 5 nitrogen and oxygen atoms in total. The summed E-state index contributed by atoms with van der Waals surface area (Å²) < 4.78 is 21.5. The molecule has 0 fully saturated rings. The normalized spacial score (nSPS) is 11.7. The first-order chi connectivity index (χ1) is 11.7. The summed E-state index contributed by atoms with van der Waals surface area (Å²) in [6.45, 7) is 6.43. The van der Waals surface area contributed by atoms with Crippen molar-refractivity contribution in [1.29, 1.82) is 0 Å². The molecule has 2 aromatic carbocycles. The van der Waals surface area contributed by atoms with Crippen LogP contribution in [0, 0.1) is 22.9 Å². The maximum absolute atomic E-state index is 13.4. The van der Waals surface area contributed by atoms with Gasteiger partial charge in [0.2, 0.25) is 0 Å². The number of benzene rings is 2. The number of nitrogens with zero attached hydrogens (tertiary/aromatic N) is 2. The number of aryl methyl sites for hydroxylation is 1. The van der Waals surface area contributed by atoms with Crippen molar-refractivity contribution < 1.29 is 14.1 Å². The molecule has 3 aromatic rings. The number of nitro groups is 1. The minimum atomic E-state index is -0.554. The maximum atomic E-state index is 13.4. The molecule has 0 amide bonds. The summed E-state index contributed by atoms with van der Waals surface area (Å²) in [5.74, 6) is 0.307. The van der Waals surface area contributed by atoms with Crippen molar-refractivity contribution >= 4 is 16.6 Å². The Bertz CT molecular complexity index is 930. The molecule has 1 aromatic heterocycles. The number of rotatable bonds is 5. The van der Waals surface area contributed by atoms with Crippen molar-refractivity contribution in [2.24, 2.45) is 0 Å². The molecule has 3 rings (SSSR count). The third-order valence-electron chi connectivity index (χ3n) is 4.05. The van der Waals surface area contributed by atoms with Crippen LogP contribution in [-0.4, -0.2) is 15.1 Å². The van der Waals surface area contributed by atoms with Gasteiger partial charge in [0, 0.05) is 28.7 Å². The largest absolute Gasteiger partial charge is 0.486 e. The second-order valence-corrected chi connectivity index (χ2v) is 6.69. The quantitative estimate of drug-likeness (QED) is 0.492. The summed E-state index contributed by atoms with van der Waals surface area (Å²) >= 11 is 0. The lowest BCUT2D eigenvalue weighted by Gasteiger charge is -2.28. The predicted molar refractivity (Wildman–Crippen MR) is 94.4 cm³/mol. The van der Waals surface area contributed by atoms with Crippen LogP contribution in [0.5, 0.6) is 5.75 Å². The van der Waals surface area contributed by atoms with Gasteiger partial charge in [-0.1, -0.05) is 0 Å². The molecule has 0 radical (unpaired) electrons. The Morgan fingerprint density at radius 3 is 2.48 bits per heavy atom. The molecule has 0 bridgehead atoms. The van der Waals surface area contributed by atoms with Crippen LogP contribution in [0.2, 0.25) is 0 Å². The Balaban J connectivity index is 1.83. The van der Waals surface area contributed by atoms with Crippen LogP contribution in [0.4, 0.5) is 10.1 Å². The Labute approximate surface area is 144 Å². The predicted octanol–water partition coefficient (Wildman–Crippen LogP) is 4.85. The number of nitro benzene ring substituents is 1. The molecule has 0 aliphatic carbocycles. The van der Waals surface area contributed by atoms with E-state index in [-0.39, 0.29) is 11.5 Å². The fraction of sp³-hybridized carbons (Fsp3) is 0.263. The molecule has 0 saturated carbocycles. The Kier molecular flexibility index (Phi) is 4.20. The minimum Gasteiger partial charge on any atom is -0.486 e. The number of hydrogen-bond acceptors (Lipinski definition) is 3. The highest BCUT2D eigenvalue weighted by Gasteiger charge is 2.23. The van der Waals surface area contributed by atoms with Gasteiger partial charge in [-0.2, -0.15) is 0 Å². The fourth-order valence-corrected chi connectivity index (χ4v) is 2.96. The van der Waals surface area contributed by atoms with E-state index in [1.165, 1.54) is 24.3 Å². The molecule has 130 valence electrons. The average molecular weight is 342 g/mol. The summed E-state index contributed by atoms with van der Waals surface area (Å²) in [7, 11) is 0. The highest BCUT2D eigenvalue weighted by Crippen LogP contribution is 2.26. The molecule has 6 heteroatoms. The van der Waals surface area contributed by atoms with Crippen molar-refractivity contribution in [2.45, 2.75) is 32.9 Å². The summed E-state index contributed by atoms with van der Waals surface area (Å²) in [6.07, 6.45) is 0. The van der Waals surface area contributed by atoms with Crippen molar-refractivity contribution in [2.75, 3.05) is 0 Å². The number of non-ortho nitro benzene ring substituents is 1. The molecule has 1 heterocycles. The zero-order chi connectivity index (χ0) is 18.2. The van der Waals surface area contributed by atoms with Crippen LogP contribution in [0.15, 0.2) is 48.5 Å². The fourth-order valence-electron chi connectivity index (χ4n) is 2.96. The van der Waals surface area contributed by atoms with Gasteiger partial charge >= 0.3 is 0 Å². The first-order valence-corrected chi connectivity index (χ1v) is 7.94. The smallest absolute Gasteiger partial charge is 0.269 e. The van der Waals surface area contributed by atoms with Crippen LogP contribution in [-0.2, 0) is 6.54 Å². The van der Waals surface area contributed by atoms with Gasteiger partial charge in [-0.05, 0) is 57.2 Å². The molecular formula is C19H19FN2O3. The van der Waals surface area contributed by atoms with E-state index < -0.39 is 10.5 Å².